The van der Waals surface area contributed by atoms with Crippen molar-refractivity contribution in [3.63, 3.8) is 0 Å². The van der Waals surface area contributed by atoms with Gasteiger partial charge in [-0.05, 0) is 60.0 Å². The molecule has 204 valence electrons. The molecule has 0 aliphatic heterocycles. The second-order valence-corrected chi connectivity index (χ2v) is 10.4. The summed E-state index contributed by atoms with van der Waals surface area (Å²) in [6.45, 7) is 2.22. The number of hydrogen-bond acceptors (Lipinski definition) is 5. The van der Waals surface area contributed by atoms with Crippen LogP contribution in [0.1, 0.15) is 41.7 Å². The molecule has 0 aliphatic rings. The van der Waals surface area contributed by atoms with Crippen molar-refractivity contribution in [3.8, 4) is 5.75 Å². The van der Waals surface area contributed by atoms with Crippen molar-refractivity contribution >= 4 is 16.0 Å². The van der Waals surface area contributed by atoms with Gasteiger partial charge in [0.1, 0.15) is 16.4 Å². The van der Waals surface area contributed by atoms with E-state index in [9.17, 15) is 26.4 Å². The van der Waals surface area contributed by atoms with Crippen LogP contribution in [-0.4, -0.2) is 19.2 Å². The van der Waals surface area contributed by atoms with Crippen LogP contribution >= 0.6 is 0 Å². The Kier molecular flexibility index (Phi) is 8.44. The minimum absolute atomic E-state index is 0.0922. The molecule has 1 amide bonds. The van der Waals surface area contributed by atoms with Gasteiger partial charge in [-0.3, -0.25) is 4.79 Å². The largest absolute Gasteiger partial charge is 0.467 e. The Balaban J connectivity index is 1.58. The number of halogens is 3. The van der Waals surface area contributed by atoms with Crippen LogP contribution in [0.15, 0.2) is 107 Å². The van der Waals surface area contributed by atoms with E-state index in [1.165, 1.54) is 18.4 Å². The zero-order chi connectivity index (χ0) is 28.0. The van der Waals surface area contributed by atoms with E-state index in [4.69, 9.17) is 8.60 Å². The summed E-state index contributed by atoms with van der Waals surface area (Å²) in [4.78, 5) is 14.7. The Bertz CT molecular complexity index is 1500. The molecule has 0 radical (unpaired) electrons. The van der Waals surface area contributed by atoms with Gasteiger partial charge in [0.25, 0.3) is 0 Å². The van der Waals surface area contributed by atoms with Gasteiger partial charge in [0, 0.05) is 6.54 Å². The predicted molar refractivity (Wildman–Crippen MR) is 138 cm³/mol. The van der Waals surface area contributed by atoms with Gasteiger partial charge in [0.2, 0.25) is 5.91 Å². The molecule has 6 nitrogen and oxygen atoms in total. The molecule has 39 heavy (non-hydrogen) atoms. The molecule has 4 aromatic rings. The van der Waals surface area contributed by atoms with Crippen molar-refractivity contribution in [2.45, 2.75) is 43.4 Å². The molecule has 4 rings (SSSR count). The average molecular weight is 558 g/mol. The van der Waals surface area contributed by atoms with Crippen molar-refractivity contribution in [2.75, 3.05) is 0 Å². The summed E-state index contributed by atoms with van der Waals surface area (Å²) in [5.74, 6) is -0.0545. The third-order valence-electron chi connectivity index (χ3n) is 6.07. The number of carbonyl (C=O) groups is 1. The van der Waals surface area contributed by atoms with E-state index in [2.05, 4.69) is 0 Å². The van der Waals surface area contributed by atoms with Crippen molar-refractivity contribution in [2.24, 2.45) is 0 Å². The number of alkyl halides is 3. The third kappa shape index (κ3) is 7.08. The first-order valence-electron chi connectivity index (χ1n) is 12.1. The highest BCUT2D eigenvalue weighted by Crippen LogP contribution is 2.31. The van der Waals surface area contributed by atoms with Gasteiger partial charge in [0.05, 0.1) is 24.3 Å². The van der Waals surface area contributed by atoms with E-state index in [0.29, 0.717) is 23.8 Å². The number of carbonyl (C=O) groups excluding carboxylic acids is 1. The Morgan fingerprint density at radius 3 is 2.33 bits per heavy atom. The van der Waals surface area contributed by atoms with Crippen LogP contribution in [0.4, 0.5) is 13.2 Å². The Hall–Kier alpha value is -4.05. The topological polar surface area (TPSA) is 76.8 Å². The first-order chi connectivity index (χ1) is 18.6. The molecule has 0 bridgehead atoms. The quantitative estimate of drug-likeness (QED) is 0.201. The van der Waals surface area contributed by atoms with Gasteiger partial charge in [-0.2, -0.15) is 21.6 Å². The molecule has 10 heteroatoms. The average Bonchev–Trinajstić information content (AvgIpc) is 3.42. The Morgan fingerprint density at radius 1 is 0.923 bits per heavy atom. The third-order valence-corrected chi connectivity index (χ3v) is 7.32. The Morgan fingerprint density at radius 2 is 1.67 bits per heavy atom. The van der Waals surface area contributed by atoms with E-state index in [1.54, 1.807) is 29.2 Å². The standard InChI is InChI=1S/C29H26F3NO5S/c1-2-27(22-10-4-3-5-11-22)28(34)33(20-25-14-8-16-37-25)19-21-9-6-13-24(17-21)38-39(35,36)26-15-7-12-23(18-26)29(30,31)32/h3-18,27H,2,19-20H2,1H3/t27-/m1/s1. The molecule has 1 atom stereocenters. The SMILES string of the molecule is CC[C@@H](C(=O)N(Cc1cccc(OS(=O)(=O)c2cccc(C(F)(F)F)c2)c1)Cc1ccco1)c1ccccc1. The zero-order valence-electron chi connectivity index (χ0n) is 21.0. The van der Waals surface area contributed by atoms with Crippen molar-refractivity contribution in [1.29, 1.82) is 0 Å². The fraction of sp³-hybridized carbons (Fsp3) is 0.207. The smallest absolute Gasteiger partial charge is 0.416 e. The van der Waals surface area contributed by atoms with Crippen LogP contribution in [0, 0.1) is 0 Å². The van der Waals surface area contributed by atoms with Crippen molar-refractivity contribution in [1.82, 2.24) is 4.90 Å². The molecule has 0 saturated carbocycles. The lowest BCUT2D eigenvalue weighted by Gasteiger charge is -2.27. The Labute approximate surface area is 224 Å². The first-order valence-corrected chi connectivity index (χ1v) is 13.5. The maximum atomic E-state index is 13.7. The summed E-state index contributed by atoms with van der Waals surface area (Å²) >= 11 is 0. The molecule has 3 aromatic carbocycles. The van der Waals surface area contributed by atoms with E-state index in [-0.39, 0.29) is 24.7 Å². The minimum Gasteiger partial charge on any atom is -0.467 e. The number of amides is 1. The second-order valence-electron chi connectivity index (χ2n) is 8.86. The predicted octanol–water partition coefficient (Wildman–Crippen LogP) is 6.79. The summed E-state index contributed by atoms with van der Waals surface area (Å²) in [7, 11) is -4.55. The fourth-order valence-corrected chi connectivity index (χ4v) is 5.15. The molecular formula is C29H26F3NO5S. The molecule has 0 aliphatic carbocycles. The van der Waals surface area contributed by atoms with Crippen LogP contribution in [0.5, 0.6) is 5.75 Å². The molecule has 0 saturated heterocycles. The lowest BCUT2D eigenvalue weighted by molar-refractivity contribution is -0.137. The second kappa shape index (κ2) is 11.8. The normalized spacial score (nSPS) is 12.6. The van der Waals surface area contributed by atoms with Gasteiger partial charge in [-0.15, -0.1) is 0 Å². The van der Waals surface area contributed by atoms with E-state index in [0.717, 1.165) is 23.8 Å². The summed E-state index contributed by atoms with van der Waals surface area (Å²) in [6.07, 6.45) is -2.62. The monoisotopic (exact) mass is 557 g/mol. The van der Waals surface area contributed by atoms with Gasteiger partial charge in [-0.25, -0.2) is 0 Å². The maximum absolute atomic E-state index is 13.7. The number of benzene rings is 3. The van der Waals surface area contributed by atoms with Gasteiger partial charge in [0.15, 0.2) is 0 Å². The molecule has 1 heterocycles. The van der Waals surface area contributed by atoms with Crippen LogP contribution in [0.3, 0.4) is 0 Å². The highest BCUT2D eigenvalue weighted by molar-refractivity contribution is 7.87. The first kappa shape index (κ1) is 28.0. The number of nitrogens with zero attached hydrogens (tertiary/aromatic N) is 1. The summed E-state index contributed by atoms with van der Waals surface area (Å²) in [6, 6.07) is 22.3. The zero-order valence-corrected chi connectivity index (χ0v) is 21.8. The van der Waals surface area contributed by atoms with Crippen LogP contribution < -0.4 is 4.18 Å². The van der Waals surface area contributed by atoms with Crippen molar-refractivity contribution < 1.29 is 35.0 Å². The highest BCUT2D eigenvalue weighted by atomic mass is 32.2. The fourth-order valence-electron chi connectivity index (χ4n) is 4.18. The molecule has 0 fully saturated rings. The van der Waals surface area contributed by atoms with Crippen molar-refractivity contribution in [3.05, 3.63) is 120 Å². The number of rotatable bonds is 10. The highest BCUT2D eigenvalue weighted by Gasteiger charge is 2.32. The van der Waals surface area contributed by atoms with Crippen LogP contribution in [0.25, 0.3) is 0 Å². The summed E-state index contributed by atoms with van der Waals surface area (Å²) < 4.78 is 75.4. The maximum Gasteiger partial charge on any atom is 0.416 e. The van der Waals surface area contributed by atoms with Crippen LogP contribution in [-0.2, 0) is 34.2 Å². The van der Waals surface area contributed by atoms with Gasteiger partial charge < -0.3 is 13.5 Å². The van der Waals surface area contributed by atoms with Crippen LogP contribution in [0.2, 0.25) is 0 Å². The van der Waals surface area contributed by atoms with Gasteiger partial charge in [-0.1, -0.05) is 55.5 Å². The van der Waals surface area contributed by atoms with E-state index in [1.807, 2.05) is 37.3 Å². The lowest BCUT2D eigenvalue weighted by Crippen LogP contribution is -2.34. The lowest BCUT2D eigenvalue weighted by atomic mass is 9.94. The molecular weight excluding hydrogens is 531 g/mol. The van der Waals surface area contributed by atoms with E-state index < -0.39 is 32.7 Å². The summed E-state index contributed by atoms with van der Waals surface area (Å²) in [5.41, 5.74) is 0.338. The molecule has 1 aromatic heterocycles. The number of hydrogen-bond donors (Lipinski definition) is 0. The molecule has 0 spiro atoms. The molecule has 0 unspecified atom stereocenters. The number of furan rings is 1. The molecule has 0 N–H and O–H groups in total. The van der Waals surface area contributed by atoms with E-state index >= 15 is 0 Å². The summed E-state index contributed by atoms with van der Waals surface area (Å²) in [5, 5.41) is 0. The van der Waals surface area contributed by atoms with Gasteiger partial charge >= 0.3 is 16.3 Å². The minimum atomic E-state index is -4.70.